The van der Waals surface area contributed by atoms with Crippen LogP contribution in [0.4, 0.5) is 0 Å². The molecule has 0 saturated carbocycles. The van der Waals surface area contributed by atoms with E-state index in [1.807, 2.05) is 12.1 Å². The third-order valence-corrected chi connectivity index (χ3v) is 4.49. The molecule has 6 heteroatoms. The van der Waals surface area contributed by atoms with Gasteiger partial charge in [0, 0.05) is 0 Å². The molecule has 6 nitrogen and oxygen atoms in total. The minimum atomic E-state index is -0.278. The molecule has 0 unspecified atom stereocenters. The molecule has 0 aliphatic heterocycles. The number of rotatable bonds is 8. The van der Waals surface area contributed by atoms with Crippen molar-refractivity contribution in [3.63, 3.8) is 0 Å². The summed E-state index contributed by atoms with van der Waals surface area (Å²) in [6.07, 6.45) is 4.90. The Bertz CT molecular complexity index is 1130. The van der Waals surface area contributed by atoms with Crippen molar-refractivity contribution < 1.29 is 9.47 Å². The number of unbranched alkanes of at least 4 members (excludes halogenated alkanes) is 2. The van der Waals surface area contributed by atoms with Gasteiger partial charge in [0.05, 0.1) is 30.2 Å². The molecule has 3 aromatic rings. The van der Waals surface area contributed by atoms with Gasteiger partial charge in [-0.1, -0.05) is 38.0 Å². The fourth-order valence-electron chi connectivity index (χ4n) is 2.96. The Hall–Kier alpha value is -3.59. The number of nitrogens with one attached hydrogen (secondary N) is 1. The van der Waals surface area contributed by atoms with Gasteiger partial charge >= 0.3 is 0 Å². The first-order valence-corrected chi connectivity index (χ1v) is 9.58. The van der Waals surface area contributed by atoms with Gasteiger partial charge in [0.1, 0.15) is 6.07 Å². The summed E-state index contributed by atoms with van der Waals surface area (Å²) in [5.74, 6) is 1.49. The number of methoxy groups -OCH3 is 1. The minimum absolute atomic E-state index is 0.232. The Morgan fingerprint density at radius 2 is 2.03 bits per heavy atom. The molecule has 1 N–H and O–H groups in total. The zero-order valence-corrected chi connectivity index (χ0v) is 16.6. The SMILES string of the molecule is CCCCCOc1ccc(/C=C(\C#N)c2nc3ccccc3c(=O)[nH]2)cc1OC. The van der Waals surface area contributed by atoms with Gasteiger partial charge in [-0.3, -0.25) is 4.79 Å². The van der Waals surface area contributed by atoms with Crippen LogP contribution in [0.5, 0.6) is 11.5 Å². The number of fused-ring (bicyclic) bond motifs is 1. The maximum atomic E-state index is 12.3. The van der Waals surface area contributed by atoms with Gasteiger partial charge in [0.2, 0.25) is 0 Å². The van der Waals surface area contributed by atoms with Gasteiger partial charge < -0.3 is 14.5 Å². The van der Waals surface area contributed by atoms with Gasteiger partial charge in [-0.25, -0.2) is 4.98 Å². The Morgan fingerprint density at radius 3 is 2.79 bits per heavy atom. The number of H-pyrrole nitrogens is 1. The highest BCUT2D eigenvalue weighted by Crippen LogP contribution is 2.29. The lowest BCUT2D eigenvalue weighted by molar-refractivity contribution is 0.286. The van der Waals surface area contributed by atoms with Gasteiger partial charge in [0.25, 0.3) is 5.56 Å². The maximum Gasteiger partial charge on any atom is 0.259 e. The molecule has 0 saturated heterocycles. The Balaban J connectivity index is 1.91. The molecule has 0 aliphatic carbocycles. The molecule has 29 heavy (non-hydrogen) atoms. The molecule has 0 bridgehead atoms. The van der Waals surface area contributed by atoms with Gasteiger partial charge in [-0.15, -0.1) is 0 Å². The number of para-hydroxylation sites is 1. The number of ether oxygens (including phenoxy) is 2. The number of hydrogen-bond acceptors (Lipinski definition) is 5. The standard InChI is InChI=1S/C23H23N3O3/c1-3-4-7-12-29-20-11-10-16(14-21(20)28-2)13-17(15-24)22-25-19-9-6-5-8-18(19)23(27)26-22/h5-6,8-11,13-14H,3-4,7,12H2,1-2H3,(H,25,26,27)/b17-13+. The van der Waals surface area contributed by atoms with Gasteiger partial charge in [-0.05, 0) is 42.3 Å². The predicted molar refractivity (Wildman–Crippen MR) is 114 cm³/mol. The van der Waals surface area contributed by atoms with E-state index in [-0.39, 0.29) is 17.0 Å². The van der Waals surface area contributed by atoms with Crippen LogP contribution in [0.1, 0.15) is 37.6 Å². The summed E-state index contributed by atoms with van der Waals surface area (Å²) in [6, 6.07) is 14.6. The molecule has 0 radical (unpaired) electrons. The number of nitrogens with zero attached hydrogens (tertiary/aromatic N) is 2. The van der Waals surface area contributed by atoms with E-state index < -0.39 is 0 Å². The van der Waals surface area contributed by atoms with E-state index in [0.717, 1.165) is 24.8 Å². The number of allylic oxidation sites excluding steroid dienone is 1. The normalized spacial score (nSPS) is 11.3. The molecule has 0 amide bonds. The first-order valence-electron chi connectivity index (χ1n) is 9.58. The van der Waals surface area contributed by atoms with Crippen LogP contribution in [0.2, 0.25) is 0 Å². The van der Waals surface area contributed by atoms with Crippen LogP contribution in [-0.4, -0.2) is 23.7 Å². The number of hydrogen-bond donors (Lipinski definition) is 1. The predicted octanol–water partition coefficient (Wildman–Crippen LogP) is 4.56. The lowest BCUT2D eigenvalue weighted by Gasteiger charge is -2.11. The van der Waals surface area contributed by atoms with E-state index in [1.54, 1.807) is 43.5 Å². The molecule has 0 spiro atoms. The molecular formula is C23H23N3O3. The topological polar surface area (TPSA) is 88.0 Å². The summed E-state index contributed by atoms with van der Waals surface area (Å²) in [6.45, 7) is 2.78. The lowest BCUT2D eigenvalue weighted by Crippen LogP contribution is -2.11. The van der Waals surface area contributed by atoms with Gasteiger partial charge in [-0.2, -0.15) is 5.26 Å². The monoisotopic (exact) mass is 389 g/mol. The minimum Gasteiger partial charge on any atom is -0.493 e. The van der Waals surface area contributed by atoms with Crippen LogP contribution < -0.4 is 15.0 Å². The Morgan fingerprint density at radius 1 is 1.21 bits per heavy atom. The smallest absolute Gasteiger partial charge is 0.259 e. The van der Waals surface area contributed by atoms with Crippen molar-refractivity contribution in [2.75, 3.05) is 13.7 Å². The summed E-state index contributed by atoms with van der Waals surface area (Å²) >= 11 is 0. The van der Waals surface area contributed by atoms with Crippen LogP contribution in [0.15, 0.2) is 47.3 Å². The first kappa shape index (κ1) is 20.2. The van der Waals surface area contributed by atoms with Crippen molar-refractivity contribution >= 4 is 22.6 Å². The van der Waals surface area contributed by atoms with Crippen molar-refractivity contribution in [2.24, 2.45) is 0 Å². The van der Waals surface area contributed by atoms with Crippen LogP contribution >= 0.6 is 0 Å². The maximum absolute atomic E-state index is 12.3. The van der Waals surface area contributed by atoms with Crippen molar-refractivity contribution in [1.82, 2.24) is 9.97 Å². The van der Waals surface area contributed by atoms with E-state index in [1.165, 1.54) is 0 Å². The summed E-state index contributed by atoms with van der Waals surface area (Å²) in [5, 5.41) is 10.1. The second kappa shape index (κ2) is 9.56. The highest BCUT2D eigenvalue weighted by molar-refractivity contribution is 5.89. The zero-order chi connectivity index (χ0) is 20.6. The Kier molecular flexibility index (Phi) is 6.64. The average Bonchev–Trinajstić information content (AvgIpc) is 2.75. The summed E-state index contributed by atoms with van der Waals surface area (Å²) < 4.78 is 11.2. The number of benzene rings is 2. The first-order chi connectivity index (χ1) is 14.2. The summed E-state index contributed by atoms with van der Waals surface area (Å²) in [7, 11) is 1.58. The third kappa shape index (κ3) is 4.82. The highest BCUT2D eigenvalue weighted by atomic mass is 16.5. The van der Waals surface area contributed by atoms with Crippen molar-refractivity contribution in [1.29, 1.82) is 5.26 Å². The molecule has 0 aliphatic rings. The van der Waals surface area contributed by atoms with E-state index in [0.29, 0.717) is 29.0 Å². The summed E-state index contributed by atoms with van der Waals surface area (Å²) in [4.78, 5) is 19.4. The summed E-state index contributed by atoms with van der Waals surface area (Å²) in [5.41, 5.74) is 1.27. The molecule has 0 atom stereocenters. The third-order valence-electron chi connectivity index (χ3n) is 4.49. The van der Waals surface area contributed by atoms with Gasteiger partial charge in [0.15, 0.2) is 17.3 Å². The molecule has 148 valence electrons. The average molecular weight is 389 g/mol. The molecule has 1 aromatic heterocycles. The second-order valence-electron chi connectivity index (χ2n) is 6.57. The van der Waals surface area contributed by atoms with Crippen molar-refractivity contribution in [3.8, 4) is 17.6 Å². The molecule has 1 heterocycles. The van der Waals surface area contributed by atoms with Crippen molar-refractivity contribution in [3.05, 3.63) is 64.2 Å². The largest absolute Gasteiger partial charge is 0.493 e. The molecule has 0 fully saturated rings. The van der Waals surface area contributed by atoms with Crippen LogP contribution in [-0.2, 0) is 0 Å². The molecule has 2 aromatic carbocycles. The van der Waals surface area contributed by atoms with Crippen LogP contribution in [0, 0.1) is 11.3 Å². The Labute approximate surface area is 169 Å². The van der Waals surface area contributed by atoms with Crippen LogP contribution in [0.25, 0.3) is 22.6 Å². The number of aromatic amines is 1. The fraction of sp³-hybridized carbons (Fsp3) is 0.261. The number of aromatic nitrogens is 2. The molecular weight excluding hydrogens is 366 g/mol. The lowest BCUT2D eigenvalue weighted by atomic mass is 10.1. The van der Waals surface area contributed by atoms with E-state index >= 15 is 0 Å². The van der Waals surface area contributed by atoms with E-state index in [9.17, 15) is 10.1 Å². The van der Waals surface area contributed by atoms with E-state index in [4.69, 9.17) is 9.47 Å². The quantitative estimate of drug-likeness (QED) is 0.450. The highest BCUT2D eigenvalue weighted by Gasteiger charge is 2.10. The second-order valence-corrected chi connectivity index (χ2v) is 6.57. The fourth-order valence-corrected chi connectivity index (χ4v) is 2.96. The molecule has 3 rings (SSSR count). The van der Waals surface area contributed by atoms with Crippen molar-refractivity contribution in [2.45, 2.75) is 26.2 Å². The zero-order valence-electron chi connectivity index (χ0n) is 16.6. The van der Waals surface area contributed by atoms with Crippen LogP contribution in [0.3, 0.4) is 0 Å². The van der Waals surface area contributed by atoms with E-state index in [2.05, 4.69) is 23.0 Å². The number of nitriles is 1.